The Morgan fingerprint density at radius 2 is 1.81 bits per heavy atom. The number of Topliss-reactive ketones (excluding diaryl/α,β-unsaturated/α-hetero) is 1. The Labute approximate surface area is 152 Å². The van der Waals surface area contributed by atoms with Gasteiger partial charge in [0, 0.05) is 18.0 Å². The van der Waals surface area contributed by atoms with E-state index in [0.717, 1.165) is 12.0 Å². The molecule has 5 nitrogen and oxygen atoms in total. The van der Waals surface area contributed by atoms with Crippen LogP contribution in [0.2, 0.25) is 0 Å². The Balaban J connectivity index is 1.64. The van der Waals surface area contributed by atoms with Crippen molar-refractivity contribution in [2.45, 2.75) is 18.1 Å². The molecule has 0 spiro atoms. The summed E-state index contributed by atoms with van der Waals surface area (Å²) in [5.41, 5.74) is 2.05. The standard InChI is InChI=1S/C20H19NO4S/c22-20(17-3-1-2-10-21-17)19-16-9-8-15(11-16)18(19)14-6-4-13(5-7-14)12-26(23,24)25/h1-10,15-16,18-19H,11-12H2,(H,23,24,25)/t15-,16+,18+,19+/m1/s1. The molecule has 2 aliphatic carbocycles. The minimum Gasteiger partial charge on any atom is -0.292 e. The third-order valence-corrected chi connectivity index (χ3v) is 6.09. The van der Waals surface area contributed by atoms with Gasteiger partial charge in [0.25, 0.3) is 10.1 Å². The fourth-order valence-corrected chi connectivity index (χ4v) is 4.97. The van der Waals surface area contributed by atoms with E-state index in [9.17, 15) is 13.2 Å². The van der Waals surface area contributed by atoms with Gasteiger partial charge in [0.1, 0.15) is 11.4 Å². The molecule has 26 heavy (non-hydrogen) atoms. The van der Waals surface area contributed by atoms with Crippen LogP contribution in [0.3, 0.4) is 0 Å². The number of aromatic nitrogens is 1. The maximum absolute atomic E-state index is 13.1. The summed E-state index contributed by atoms with van der Waals surface area (Å²) in [6, 6.07) is 12.5. The van der Waals surface area contributed by atoms with Crippen LogP contribution in [0, 0.1) is 17.8 Å². The van der Waals surface area contributed by atoms with Crippen molar-refractivity contribution in [3.05, 3.63) is 77.6 Å². The van der Waals surface area contributed by atoms with E-state index in [2.05, 4.69) is 17.1 Å². The lowest BCUT2D eigenvalue weighted by molar-refractivity contribution is 0.0881. The molecule has 0 unspecified atom stereocenters. The van der Waals surface area contributed by atoms with E-state index in [1.165, 1.54) is 0 Å². The first-order valence-corrected chi connectivity index (χ1v) is 10.2. The highest BCUT2D eigenvalue weighted by Gasteiger charge is 2.48. The fraction of sp³-hybridized carbons (Fsp3) is 0.300. The van der Waals surface area contributed by atoms with Gasteiger partial charge in [-0.2, -0.15) is 8.42 Å². The van der Waals surface area contributed by atoms with Crippen molar-refractivity contribution in [1.82, 2.24) is 4.98 Å². The summed E-state index contributed by atoms with van der Waals surface area (Å²) in [4.78, 5) is 17.3. The van der Waals surface area contributed by atoms with Gasteiger partial charge in [-0.25, -0.2) is 0 Å². The van der Waals surface area contributed by atoms with Gasteiger partial charge in [0.2, 0.25) is 0 Å². The maximum atomic E-state index is 13.1. The molecule has 4 rings (SSSR count). The second kappa shape index (κ2) is 6.45. The summed E-state index contributed by atoms with van der Waals surface area (Å²) in [6.07, 6.45) is 6.92. The van der Waals surface area contributed by atoms with Crippen molar-refractivity contribution < 1.29 is 17.8 Å². The SMILES string of the molecule is O=C(c1ccccn1)[C@@H]1[C@@H](c2ccc(CS(=O)(=O)O)cc2)[C@@H]2C=C[C@H]1C2. The first-order chi connectivity index (χ1) is 12.4. The first-order valence-electron chi connectivity index (χ1n) is 8.60. The van der Waals surface area contributed by atoms with Crippen LogP contribution in [0.5, 0.6) is 0 Å². The molecular formula is C20H19NO4S. The summed E-state index contributed by atoms with van der Waals surface area (Å²) >= 11 is 0. The van der Waals surface area contributed by atoms with Gasteiger partial charge in [-0.05, 0) is 41.5 Å². The van der Waals surface area contributed by atoms with Crippen LogP contribution in [0.1, 0.15) is 34.0 Å². The van der Waals surface area contributed by atoms with Crippen LogP contribution >= 0.6 is 0 Å². The average Bonchev–Trinajstić information content (AvgIpc) is 3.22. The monoisotopic (exact) mass is 369 g/mol. The Morgan fingerprint density at radius 3 is 2.46 bits per heavy atom. The summed E-state index contributed by atoms with van der Waals surface area (Å²) in [5.74, 6) is 0.114. The number of allylic oxidation sites excluding steroid dienone is 2. The predicted molar refractivity (Wildman–Crippen MR) is 97.2 cm³/mol. The van der Waals surface area contributed by atoms with E-state index in [1.807, 2.05) is 18.2 Å². The van der Waals surface area contributed by atoms with Crippen LogP contribution < -0.4 is 0 Å². The molecule has 0 aliphatic heterocycles. The van der Waals surface area contributed by atoms with Crippen LogP contribution in [0.25, 0.3) is 0 Å². The molecule has 134 valence electrons. The van der Waals surface area contributed by atoms with Crippen molar-refractivity contribution in [2.24, 2.45) is 17.8 Å². The Morgan fingerprint density at radius 1 is 1.08 bits per heavy atom. The van der Waals surface area contributed by atoms with Crippen molar-refractivity contribution >= 4 is 15.9 Å². The van der Waals surface area contributed by atoms with Gasteiger partial charge in [0.05, 0.1) is 0 Å². The number of benzene rings is 1. The van der Waals surface area contributed by atoms with Crippen LogP contribution in [0.4, 0.5) is 0 Å². The lowest BCUT2D eigenvalue weighted by Gasteiger charge is -2.27. The lowest BCUT2D eigenvalue weighted by Crippen LogP contribution is -2.27. The average molecular weight is 369 g/mol. The number of carbonyl (C=O) groups is 1. The molecule has 6 heteroatoms. The minimum atomic E-state index is -4.05. The van der Waals surface area contributed by atoms with Gasteiger partial charge in [-0.1, -0.05) is 42.5 Å². The second-order valence-electron chi connectivity index (χ2n) is 7.05. The van der Waals surface area contributed by atoms with Gasteiger partial charge in [-0.15, -0.1) is 0 Å². The zero-order valence-corrected chi connectivity index (χ0v) is 14.8. The van der Waals surface area contributed by atoms with E-state index in [0.29, 0.717) is 17.2 Å². The predicted octanol–water partition coefficient (Wildman–Crippen LogP) is 3.26. The molecule has 2 aromatic rings. The zero-order chi connectivity index (χ0) is 18.3. The van der Waals surface area contributed by atoms with Gasteiger partial charge in [-0.3, -0.25) is 14.3 Å². The molecule has 2 bridgehead atoms. The largest absolute Gasteiger partial charge is 0.292 e. The summed E-state index contributed by atoms with van der Waals surface area (Å²) in [7, 11) is -4.05. The van der Waals surface area contributed by atoms with Crippen molar-refractivity contribution in [2.75, 3.05) is 0 Å². The van der Waals surface area contributed by atoms with E-state index in [-0.39, 0.29) is 23.5 Å². The molecule has 0 amide bonds. The maximum Gasteiger partial charge on any atom is 0.269 e. The minimum absolute atomic E-state index is 0.0643. The molecular weight excluding hydrogens is 350 g/mol. The third-order valence-electron chi connectivity index (χ3n) is 5.39. The van der Waals surface area contributed by atoms with Crippen molar-refractivity contribution in [1.29, 1.82) is 0 Å². The smallest absolute Gasteiger partial charge is 0.269 e. The van der Waals surface area contributed by atoms with Crippen LogP contribution in [-0.2, 0) is 15.9 Å². The molecule has 0 radical (unpaired) electrons. The van der Waals surface area contributed by atoms with E-state index >= 15 is 0 Å². The fourth-order valence-electron chi connectivity index (χ4n) is 4.36. The number of carbonyl (C=O) groups excluding carboxylic acids is 1. The molecule has 1 fully saturated rings. The molecule has 1 saturated carbocycles. The highest BCUT2D eigenvalue weighted by Crippen LogP contribution is 2.53. The number of fused-ring (bicyclic) bond motifs is 2. The Kier molecular flexibility index (Phi) is 4.25. The highest BCUT2D eigenvalue weighted by molar-refractivity contribution is 7.85. The Bertz CT molecular complexity index is 951. The van der Waals surface area contributed by atoms with Gasteiger partial charge >= 0.3 is 0 Å². The molecule has 1 heterocycles. The summed E-state index contributed by atoms with van der Waals surface area (Å²) < 4.78 is 31.1. The number of pyridine rings is 1. The zero-order valence-electron chi connectivity index (χ0n) is 14.0. The van der Waals surface area contributed by atoms with Crippen molar-refractivity contribution in [3.8, 4) is 0 Å². The molecule has 1 aromatic heterocycles. The van der Waals surface area contributed by atoms with Crippen LogP contribution in [-0.4, -0.2) is 23.7 Å². The number of nitrogens with zero attached hydrogens (tertiary/aromatic N) is 1. The Hall–Kier alpha value is -2.31. The van der Waals surface area contributed by atoms with E-state index in [4.69, 9.17) is 4.55 Å². The highest BCUT2D eigenvalue weighted by atomic mass is 32.2. The molecule has 1 aromatic carbocycles. The molecule has 1 N–H and O–H groups in total. The number of ketones is 1. The van der Waals surface area contributed by atoms with Gasteiger partial charge in [0.15, 0.2) is 5.78 Å². The lowest BCUT2D eigenvalue weighted by atomic mass is 9.75. The topological polar surface area (TPSA) is 84.3 Å². The number of rotatable bonds is 5. The summed E-state index contributed by atoms with van der Waals surface area (Å²) in [5, 5.41) is 0. The summed E-state index contributed by atoms with van der Waals surface area (Å²) in [6.45, 7) is 0. The van der Waals surface area contributed by atoms with E-state index < -0.39 is 15.9 Å². The van der Waals surface area contributed by atoms with Crippen LogP contribution in [0.15, 0.2) is 60.8 Å². The van der Waals surface area contributed by atoms with E-state index in [1.54, 1.807) is 30.5 Å². The van der Waals surface area contributed by atoms with Gasteiger partial charge < -0.3 is 0 Å². The van der Waals surface area contributed by atoms with Crippen molar-refractivity contribution in [3.63, 3.8) is 0 Å². The number of hydrogen-bond acceptors (Lipinski definition) is 4. The normalized spacial score (nSPS) is 27.0. The molecule has 0 saturated heterocycles. The molecule has 4 atom stereocenters. The first kappa shape index (κ1) is 17.1. The quantitative estimate of drug-likeness (QED) is 0.497. The third kappa shape index (κ3) is 3.22. The molecule has 2 aliphatic rings. The second-order valence-corrected chi connectivity index (χ2v) is 8.50. The number of hydrogen-bond donors (Lipinski definition) is 1.